The van der Waals surface area contributed by atoms with Crippen LogP contribution in [0, 0.1) is 17.2 Å². The number of hydrogen-bond donors (Lipinski definition) is 1. The van der Waals surface area contributed by atoms with Crippen LogP contribution in [0.15, 0.2) is 53.0 Å². The number of rotatable bonds is 6. The molecule has 0 aromatic heterocycles. The molecule has 29 heavy (non-hydrogen) atoms. The highest BCUT2D eigenvalue weighted by molar-refractivity contribution is 9.10. The van der Waals surface area contributed by atoms with E-state index in [2.05, 4.69) is 27.3 Å². The minimum Gasteiger partial charge on any atom is -0.326 e. The first-order chi connectivity index (χ1) is 13.9. The molecule has 0 spiro atoms. The van der Waals surface area contributed by atoms with Crippen molar-refractivity contribution in [3.63, 3.8) is 0 Å². The maximum absolute atomic E-state index is 12.7. The molecular weight excluding hydrogens is 454 g/mol. The standard InChI is InChI=1S/C21H22BrN3O3S/c22-19-5-1-17(2-6-19)15-29(27,28)25-13-10-18(11-14-25)21(26)24-20-7-3-16(4-8-20)9-12-23/h1-8,18H,9-11,13-15H2,(H,24,26). The molecule has 2 aromatic carbocycles. The van der Waals surface area contributed by atoms with Gasteiger partial charge in [0, 0.05) is 29.2 Å². The Hall–Kier alpha value is -2.21. The number of carbonyl (C=O) groups excluding carboxylic acids is 1. The van der Waals surface area contributed by atoms with Gasteiger partial charge in [0.25, 0.3) is 0 Å². The summed E-state index contributed by atoms with van der Waals surface area (Å²) >= 11 is 3.35. The molecule has 1 amide bonds. The molecule has 2 aromatic rings. The largest absolute Gasteiger partial charge is 0.326 e. The molecule has 0 atom stereocenters. The molecule has 1 fully saturated rings. The smallest absolute Gasteiger partial charge is 0.227 e. The number of sulfonamides is 1. The summed E-state index contributed by atoms with van der Waals surface area (Å²) in [5.74, 6) is -0.345. The minimum atomic E-state index is -3.41. The zero-order valence-electron chi connectivity index (χ0n) is 15.8. The van der Waals surface area contributed by atoms with Crippen molar-refractivity contribution in [3.8, 4) is 6.07 Å². The van der Waals surface area contributed by atoms with Crippen molar-refractivity contribution in [1.29, 1.82) is 5.26 Å². The molecule has 0 saturated carbocycles. The lowest BCUT2D eigenvalue weighted by Crippen LogP contribution is -2.41. The lowest BCUT2D eigenvalue weighted by molar-refractivity contribution is -0.120. The first kappa shape index (κ1) is 21.5. The van der Waals surface area contributed by atoms with Crippen LogP contribution in [0.1, 0.15) is 24.0 Å². The number of nitriles is 1. The average Bonchev–Trinajstić information content (AvgIpc) is 2.71. The Morgan fingerprint density at radius 1 is 1.07 bits per heavy atom. The molecule has 1 N–H and O–H groups in total. The van der Waals surface area contributed by atoms with Crippen LogP contribution in [0.5, 0.6) is 0 Å². The SMILES string of the molecule is N#CCc1ccc(NC(=O)C2CCN(S(=O)(=O)Cc3ccc(Br)cc3)CC2)cc1. The van der Waals surface area contributed by atoms with Crippen molar-refractivity contribution in [3.05, 3.63) is 64.1 Å². The molecule has 3 rings (SSSR count). The van der Waals surface area contributed by atoms with Gasteiger partial charge in [0.2, 0.25) is 15.9 Å². The van der Waals surface area contributed by atoms with Gasteiger partial charge in [-0.05, 0) is 48.2 Å². The first-order valence-electron chi connectivity index (χ1n) is 9.36. The Balaban J connectivity index is 1.53. The van der Waals surface area contributed by atoms with Gasteiger partial charge >= 0.3 is 0 Å². The summed E-state index contributed by atoms with van der Waals surface area (Å²) in [7, 11) is -3.41. The van der Waals surface area contributed by atoms with Crippen molar-refractivity contribution >= 4 is 37.5 Å². The van der Waals surface area contributed by atoms with Crippen LogP contribution in [0.2, 0.25) is 0 Å². The topological polar surface area (TPSA) is 90.3 Å². The predicted octanol–water partition coefficient (Wildman–Crippen LogP) is 3.70. The normalized spacial score (nSPS) is 15.6. The van der Waals surface area contributed by atoms with Crippen LogP contribution in [0.3, 0.4) is 0 Å². The fourth-order valence-electron chi connectivity index (χ4n) is 3.32. The average molecular weight is 476 g/mol. The number of amides is 1. The number of benzene rings is 2. The second-order valence-electron chi connectivity index (χ2n) is 7.08. The number of nitrogens with one attached hydrogen (secondary N) is 1. The van der Waals surface area contributed by atoms with Crippen molar-refractivity contribution in [2.24, 2.45) is 5.92 Å². The quantitative estimate of drug-likeness (QED) is 0.689. The molecule has 1 heterocycles. The number of nitrogens with zero attached hydrogens (tertiary/aromatic N) is 2. The van der Waals surface area contributed by atoms with E-state index in [1.165, 1.54) is 4.31 Å². The zero-order valence-corrected chi connectivity index (χ0v) is 18.2. The Bertz CT molecular complexity index is 991. The van der Waals surface area contributed by atoms with Crippen molar-refractivity contribution < 1.29 is 13.2 Å². The molecule has 0 unspecified atom stereocenters. The summed E-state index contributed by atoms with van der Waals surface area (Å²) in [5.41, 5.74) is 2.32. The van der Waals surface area contributed by atoms with Crippen molar-refractivity contribution in [2.45, 2.75) is 25.0 Å². The second kappa shape index (κ2) is 9.53. The molecule has 6 nitrogen and oxygen atoms in total. The summed E-state index contributed by atoms with van der Waals surface area (Å²) < 4.78 is 27.8. The molecule has 1 aliphatic rings. The Labute approximate surface area is 179 Å². The van der Waals surface area contributed by atoms with Gasteiger partial charge in [0.05, 0.1) is 18.2 Å². The van der Waals surface area contributed by atoms with Gasteiger partial charge in [-0.2, -0.15) is 5.26 Å². The van der Waals surface area contributed by atoms with E-state index in [1.807, 2.05) is 24.3 Å². The summed E-state index contributed by atoms with van der Waals surface area (Å²) in [6.45, 7) is 0.691. The summed E-state index contributed by atoms with van der Waals surface area (Å²) in [6.07, 6.45) is 1.33. The van der Waals surface area contributed by atoms with Crippen LogP contribution in [0.4, 0.5) is 5.69 Å². The molecule has 1 aliphatic heterocycles. The van der Waals surface area contributed by atoms with Crippen LogP contribution < -0.4 is 5.32 Å². The lowest BCUT2D eigenvalue weighted by atomic mass is 9.97. The van der Waals surface area contributed by atoms with E-state index in [1.54, 1.807) is 24.3 Å². The van der Waals surface area contributed by atoms with Crippen LogP contribution >= 0.6 is 15.9 Å². The molecule has 0 bridgehead atoms. The third kappa shape index (κ3) is 5.89. The number of hydrogen-bond acceptors (Lipinski definition) is 4. The second-order valence-corrected chi connectivity index (χ2v) is 9.96. The number of halogens is 1. The number of carbonyl (C=O) groups is 1. The lowest BCUT2D eigenvalue weighted by Gasteiger charge is -2.30. The molecule has 1 saturated heterocycles. The Kier molecular flexibility index (Phi) is 7.06. The van der Waals surface area contributed by atoms with Crippen molar-refractivity contribution in [1.82, 2.24) is 4.31 Å². The highest BCUT2D eigenvalue weighted by Gasteiger charge is 2.31. The Morgan fingerprint density at radius 3 is 2.24 bits per heavy atom. The van der Waals surface area contributed by atoms with Crippen LogP contribution in [0.25, 0.3) is 0 Å². The van der Waals surface area contributed by atoms with E-state index in [0.29, 0.717) is 38.0 Å². The molecule has 8 heteroatoms. The maximum atomic E-state index is 12.7. The fraction of sp³-hybridized carbons (Fsp3) is 0.333. The van der Waals surface area contributed by atoms with Crippen molar-refractivity contribution in [2.75, 3.05) is 18.4 Å². The maximum Gasteiger partial charge on any atom is 0.227 e. The highest BCUT2D eigenvalue weighted by Crippen LogP contribution is 2.24. The minimum absolute atomic E-state index is 0.0355. The van der Waals surface area contributed by atoms with E-state index in [0.717, 1.165) is 15.6 Å². The van der Waals surface area contributed by atoms with E-state index >= 15 is 0 Å². The summed E-state index contributed by atoms with van der Waals surface area (Å²) in [5, 5.41) is 11.6. The van der Waals surface area contributed by atoms with E-state index in [9.17, 15) is 13.2 Å². The van der Waals surface area contributed by atoms with Gasteiger partial charge in [0.1, 0.15) is 0 Å². The Morgan fingerprint density at radius 2 is 1.66 bits per heavy atom. The third-order valence-electron chi connectivity index (χ3n) is 4.99. The number of piperidine rings is 1. The van der Waals surface area contributed by atoms with Gasteiger partial charge in [-0.1, -0.05) is 40.2 Å². The fourth-order valence-corrected chi connectivity index (χ4v) is 5.15. The molecule has 0 aliphatic carbocycles. The third-order valence-corrected chi connectivity index (χ3v) is 7.36. The van der Waals surface area contributed by atoms with Gasteiger partial charge in [-0.3, -0.25) is 4.79 Å². The zero-order chi connectivity index (χ0) is 20.9. The summed E-state index contributed by atoms with van der Waals surface area (Å²) in [4.78, 5) is 12.5. The van der Waals surface area contributed by atoms with Gasteiger partial charge in [-0.25, -0.2) is 12.7 Å². The van der Waals surface area contributed by atoms with Gasteiger partial charge in [0.15, 0.2) is 0 Å². The van der Waals surface area contributed by atoms with Gasteiger partial charge in [-0.15, -0.1) is 0 Å². The summed E-state index contributed by atoms with van der Waals surface area (Å²) in [6, 6.07) is 16.5. The highest BCUT2D eigenvalue weighted by atomic mass is 79.9. The number of anilines is 1. The van der Waals surface area contributed by atoms with Crippen LogP contribution in [-0.4, -0.2) is 31.7 Å². The van der Waals surface area contributed by atoms with E-state index in [4.69, 9.17) is 5.26 Å². The van der Waals surface area contributed by atoms with Crippen LogP contribution in [-0.2, 0) is 27.0 Å². The molecule has 0 radical (unpaired) electrons. The monoisotopic (exact) mass is 475 g/mol. The van der Waals surface area contributed by atoms with E-state index < -0.39 is 10.0 Å². The molecule has 152 valence electrons. The first-order valence-corrected chi connectivity index (χ1v) is 11.8. The van der Waals surface area contributed by atoms with Gasteiger partial charge < -0.3 is 5.32 Å². The van der Waals surface area contributed by atoms with E-state index in [-0.39, 0.29) is 17.6 Å². The predicted molar refractivity (Wildman–Crippen MR) is 115 cm³/mol. The molecular formula is C21H22BrN3O3S.